The minimum Gasteiger partial charge on any atom is -0.398 e. The van der Waals surface area contributed by atoms with E-state index in [1.807, 2.05) is 6.92 Å². The summed E-state index contributed by atoms with van der Waals surface area (Å²) >= 11 is 0. The van der Waals surface area contributed by atoms with Gasteiger partial charge in [-0.05, 0) is 37.0 Å². The number of rotatable bonds is 7. The normalized spacial score (nSPS) is 13.2. The van der Waals surface area contributed by atoms with Crippen LogP contribution in [0.5, 0.6) is 0 Å². The van der Waals surface area contributed by atoms with E-state index in [4.69, 9.17) is 10.8 Å². The molecule has 1 unspecified atom stereocenters. The number of aliphatic hydroxyl groups excluding tert-OH is 1. The number of nitrogen functional groups attached to an aromatic ring is 1. The number of nitrogens with two attached hydrogens (primary N) is 1. The van der Waals surface area contributed by atoms with Gasteiger partial charge in [0.15, 0.2) is 0 Å². The Morgan fingerprint density at radius 2 is 2.00 bits per heavy atom. The molecule has 3 nitrogen and oxygen atoms in total. The van der Waals surface area contributed by atoms with E-state index < -0.39 is 11.7 Å². The number of anilines is 2. The number of halogens is 3. The van der Waals surface area contributed by atoms with Crippen molar-refractivity contribution in [3.63, 3.8) is 0 Å². The van der Waals surface area contributed by atoms with Gasteiger partial charge in [-0.25, -0.2) is 0 Å². The van der Waals surface area contributed by atoms with Crippen molar-refractivity contribution in [2.45, 2.75) is 32.4 Å². The van der Waals surface area contributed by atoms with Gasteiger partial charge in [-0.15, -0.1) is 0 Å². The van der Waals surface area contributed by atoms with Gasteiger partial charge in [0.1, 0.15) is 0 Å². The van der Waals surface area contributed by atoms with Crippen molar-refractivity contribution in [1.82, 2.24) is 0 Å². The topological polar surface area (TPSA) is 58.3 Å². The quantitative estimate of drug-likeness (QED) is 0.674. The third kappa shape index (κ3) is 4.92. The van der Waals surface area contributed by atoms with Crippen LogP contribution in [0.1, 0.15) is 31.7 Å². The second-order valence-corrected chi connectivity index (χ2v) is 4.85. The van der Waals surface area contributed by atoms with Crippen LogP contribution in [0.15, 0.2) is 18.2 Å². The molecule has 1 aromatic carbocycles. The van der Waals surface area contributed by atoms with Crippen LogP contribution in [0, 0.1) is 5.92 Å². The van der Waals surface area contributed by atoms with Crippen LogP contribution in [-0.4, -0.2) is 18.3 Å². The van der Waals surface area contributed by atoms with Crippen LogP contribution in [-0.2, 0) is 6.18 Å². The van der Waals surface area contributed by atoms with Crippen molar-refractivity contribution >= 4 is 11.4 Å². The second-order valence-electron chi connectivity index (χ2n) is 4.85. The van der Waals surface area contributed by atoms with Crippen molar-refractivity contribution in [1.29, 1.82) is 0 Å². The van der Waals surface area contributed by atoms with Crippen LogP contribution < -0.4 is 11.1 Å². The van der Waals surface area contributed by atoms with Gasteiger partial charge in [0.2, 0.25) is 0 Å². The number of nitrogens with one attached hydrogen (secondary N) is 1. The molecule has 0 fully saturated rings. The van der Waals surface area contributed by atoms with Crippen LogP contribution in [0.4, 0.5) is 24.5 Å². The molecule has 6 heteroatoms. The Labute approximate surface area is 117 Å². The first kappa shape index (κ1) is 16.6. The maximum atomic E-state index is 12.7. The fraction of sp³-hybridized carbons (Fsp3) is 0.571. The van der Waals surface area contributed by atoms with E-state index >= 15 is 0 Å². The summed E-state index contributed by atoms with van der Waals surface area (Å²) in [6.07, 6.45) is -1.91. The Balaban J connectivity index is 2.73. The fourth-order valence-corrected chi connectivity index (χ4v) is 2.11. The molecule has 0 aliphatic heterocycles. The summed E-state index contributed by atoms with van der Waals surface area (Å²) in [7, 11) is 0. The number of hydrogen-bond acceptors (Lipinski definition) is 3. The summed E-state index contributed by atoms with van der Waals surface area (Å²) < 4.78 is 38.2. The van der Waals surface area contributed by atoms with Crippen molar-refractivity contribution < 1.29 is 18.3 Å². The molecule has 0 aromatic heterocycles. The first-order chi connectivity index (χ1) is 9.38. The molecule has 4 N–H and O–H groups in total. The zero-order valence-electron chi connectivity index (χ0n) is 11.5. The van der Waals surface area contributed by atoms with Gasteiger partial charge < -0.3 is 16.2 Å². The molecule has 0 aliphatic rings. The fourth-order valence-electron chi connectivity index (χ4n) is 2.11. The van der Waals surface area contributed by atoms with Gasteiger partial charge in [0.25, 0.3) is 0 Å². The highest BCUT2D eigenvalue weighted by molar-refractivity contribution is 5.58. The lowest BCUT2D eigenvalue weighted by Crippen LogP contribution is -2.16. The molecule has 114 valence electrons. The largest absolute Gasteiger partial charge is 0.418 e. The number of hydrogen-bond donors (Lipinski definition) is 3. The Bertz CT molecular complexity index is 415. The van der Waals surface area contributed by atoms with E-state index in [2.05, 4.69) is 5.32 Å². The van der Waals surface area contributed by atoms with Crippen LogP contribution in [0.3, 0.4) is 0 Å². The predicted molar refractivity (Wildman–Crippen MR) is 74.4 cm³/mol. The van der Waals surface area contributed by atoms with Crippen LogP contribution in [0.25, 0.3) is 0 Å². The van der Waals surface area contributed by atoms with Crippen LogP contribution in [0.2, 0.25) is 0 Å². The predicted octanol–water partition coefficient (Wildman–Crippen LogP) is 3.50. The monoisotopic (exact) mass is 290 g/mol. The molecular formula is C14H21F3N2O. The molecule has 0 amide bonds. The van der Waals surface area contributed by atoms with E-state index in [1.165, 1.54) is 12.1 Å². The van der Waals surface area contributed by atoms with Gasteiger partial charge in [-0.1, -0.05) is 13.3 Å². The lowest BCUT2D eigenvalue weighted by molar-refractivity contribution is -0.136. The van der Waals surface area contributed by atoms with E-state index in [9.17, 15) is 13.2 Å². The molecule has 0 aliphatic carbocycles. The number of benzene rings is 1. The SMILES string of the molecule is CCCC(CCO)CNc1ccc(N)c(C(F)(F)F)c1. The third-order valence-electron chi connectivity index (χ3n) is 3.19. The smallest absolute Gasteiger partial charge is 0.398 e. The van der Waals surface area contributed by atoms with Crippen molar-refractivity contribution in [2.75, 3.05) is 24.2 Å². The molecule has 1 aromatic rings. The highest BCUT2D eigenvalue weighted by Crippen LogP contribution is 2.35. The van der Waals surface area contributed by atoms with Crippen molar-refractivity contribution in [3.05, 3.63) is 23.8 Å². The molecule has 0 spiro atoms. The van der Waals surface area contributed by atoms with E-state index in [0.29, 0.717) is 18.7 Å². The second kappa shape index (κ2) is 7.38. The average molecular weight is 290 g/mol. The van der Waals surface area contributed by atoms with Gasteiger partial charge in [-0.2, -0.15) is 13.2 Å². The highest BCUT2D eigenvalue weighted by atomic mass is 19.4. The molecule has 0 saturated carbocycles. The highest BCUT2D eigenvalue weighted by Gasteiger charge is 2.33. The molecule has 0 heterocycles. The van der Waals surface area contributed by atoms with Gasteiger partial charge in [0.05, 0.1) is 5.56 Å². The van der Waals surface area contributed by atoms with E-state index in [-0.39, 0.29) is 18.2 Å². The number of alkyl halides is 3. The minimum absolute atomic E-state index is 0.0852. The number of aliphatic hydroxyl groups is 1. The first-order valence-electron chi connectivity index (χ1n) is 6.70. The lowest BCUT2D eigenvalue weighted by Gasteiger charge is -2.18. The van der Waals surface area contributed by atoms with Gasteiger partial charge >= 0.3 is 6.18 Å². The summed E-state index contributed by atoms with van der Waals surface area (Å²) in [5.41, 5.74) is 4.64. The van der Waals surface area contributed by atoms with E-state index in [0.717, 1.165) is 18.9 Å². The van der Waals surface area contributed by atoms with Gasteiger partial charge in [0, 0.05) is 24.5 Å². The summed E-state index contributed by atoms with van der Waals surface area (Å²) in [5, 5.41) is 11.9. The Morgan fingerprint density at radius 1 is 1.30 bits per heavy atom. The zero-order valence-corrected chi connectivity index (χ0v) is 11.5. The zero-order chi connectivity index (χ0) is 15.2. The molecule has 1 rings (SSSR count). The van der Waals surface area contributed by atoms with E-state index in [1.54, 1.807) is 0 Å². The molecule has 1 atom stereocenters. The average Bonchev–Trinajstić information content (AvgIpc) is 2.36. The molecule has 0 saturated heterocycles. The maximum absolute atomic E-state index is 12.7. The summed E-state index contributed by atoms with van der Waals surface area (Å²) in [4.78, 5) is 0. The minimum atomic E-state index is -4.45. The first-order valence-corrected chi connectivity index (χ1v) is 6.70. The Morgan fingerprint density at radius 3 is 2.55 bits per heavy atom. The summed E-state index contributed by atoms with van der Waals surface area (Å²) in [6, 6.07) is 3.82. The van der Waals surface area contributed by atoms with Crippen LogP contribution >= 0.6 is 0 Å². The standard InChI is InChI=1S/C14H21F3N2O/c1-2-3-10(6-7-20)9-19-11-4-5-13(18)12(8-11)14(15,16)17/h4-5,8,10,19-20H,2-3,6-7,9,18H2,1H3. The summed E-state index contributed by atoms with van der Waals surface area (Å²) in [5.74, 6) is 0.247. The van der Waals surface area contributed by atoms with Gasteiger partial charge in [-0.3, -0.25) is 0 Å². The Kier molecular flexibility index (Phi) is 6.13. The molecule has 20 heavy (non-hydrogen) atoms. The molecular weight excluding hydrogens is 269 g/mol. The molecule has 0 bridgehead atoms. The summed E-state index contributed by atoms with van der Waals surface area (Å²) in [6.45, 7) is 2.66. The van der Waals surface area contributed by atoms with Crippen molar-refractivity contribution in [3.8, 4) is 0 Å². The maximum Gasteiger partial charge on any atom is 0.418 e. The van der Waals surface area contributed by atoms with Crippen molar-refractivity contribution in [2.24, 2.45) is 5.92 Å². The Hall–Kier alpha value is -1.43. The molecule has 0 radical (unpaired) electrons. The third-order valence-corrected chi connectivity index (χ3v) is 3.19. The lowest BCUT2D eigenvalue weighted by atomic mass is 10.00.